The molecule has 26 heavy (non-hydrogen) atoms. The normalized spacial score (nSPS) is 13.2. The molecule has 0 saturated heterocycles. The molecule has 0 radical (unpaired) electrons. The van der Waals surface area contributed by atoms with E-state index in [0.29, 0.717) is 11.1 Å². The van der Waals surface area contributed by atoms with Gasteiger partial charge in [0.1, 0.15) is 11.9 Å². The number of halogens is 1. The first-order chi connectivity index (χ1) is 12.3. The van der Waals surface area contributed by atoms with Gasteiger partial charge in [0, 0.05) is 11.1 Å². The van der Waals surface area contributed by atoms with Crippen LogP contribution in [0.2, 0.25) is 0 Å². The monoisotopic (exact) mass is 356 g/mol. The highest BCUT2D eigenvalue weighted by Crippen LogP contribution is 2.17. The zero-order chi connectivity index (χ0) is 19.3. The number of amides is 2. The average Bonchev–Trinajstić information content (AvgIpc) is 2.59. The van der Waals surface area contributed by atoms with Crippen molar-refractivity contribution in [2.75, 3.05) is 0 Å². The van der Waals surface area contributed by atoms with Crippen molar-refractivity contribution in [2.24, 2.45) is 5.92 Å². The Labute approximate surface area is 153 Å². The first-order valence-corrected chi connectivity index (χ1v) is 8.72. The zero-order valence-electron chi connectivity index (χ0n) is 15.5. The maximum atomic E-state index is 13.9. The molecule has 2 amide bonds. The molecule has 0 spiro atoms. The first-order valence-electron chi connectivity index (χ1n) is 8.72. The Hall–Kier alpha value is -2.69. The van der Waals surface area contributed by atoms with Crippen molar-refractivity contribution in [3.8, 4) is 0 Å². The maximum absolute atomic E-state index is 13.9. The fraction of sp³-hybridized carbons (Fsp3) is 0.333. The van der Waals surface area contributed by atoms with Gasteiger partial charge < -0.3 is 10.6 Å². The lowest BCUT2D eigenvalue weighted by Crippen LogP contribution is -2.50. The summed E-state index contributed by atoms with van der Waals surface area (Å²) in [4.78, 5) is 25.1. The molecular formula is C21H25FN2O2. The Kier molecular flexibility index (Phi) is 6.50. The fourth-order valence-corrected chi connectivity index (χ4v) is 2.75. The lowest BCUT2D eigenvalue weighted by atomic mass is 10.0. The minimum Gasteiger partial charge on any atom is -0.348 e. The largest absolute Gasteiger partial charge is 0.348 e. The lowest BCUT2D eigenvalue weighted by molar-refractivity contribution is -0.124. The maximum Gasteiger partial charge on any atom is 0.251 e. The summed E-state index contributed by atoms with van der Waals surface area (Å²) in [5.41, 5.74) is 1.88. The summed E-state index contributed by atoms with van der Waals surface area (Å²) in [7, 11) is 0. The van der Waals surface area contributed by atoms with Crippen LogP contribution in [-0.4, -0.2) is 17.9 Å². The van der Waals surface area contributed by atoms with Gasteiger partial charge in [0.25, 0.3) is 5.91 Å². The molecule has 0 heterocycles. The second-order valence-corrected chi connectivity index (χ2v) is 6.82. The molecule has 1 unspecified atom stereocenters. The van der Waals surface area contributed by atoms with Crippen molar-refractivity contribution >= 4 is 11.8 Å². The molecule has 0 bridgehead atoms. The molecule has 0 aliphatic heterocycles. The number of hydrogen-bond donors (Lipinski definition) is 2. The Bertz CT molecular complexity index is 789. The number of aryl methyl sites for hydroxylation is 1. The van der Waals surface area contributed by atoms with Crippen LogP contribution in [0.1, 0.15) is 48.3 Å². The summed E-state index contributed by atoms with van der Waals surface area (Å²) in [5, 5.41) is 5.58. The van der Waals surface area contributed by atoms with Crippen LogP contribution in [0, 0.1) is 18.7 Å². The molecule has 0 aliphatic rings. The van der Waals surface area contributed by atoms with Crippen LogP contribution in [0.4, 0.5) is 4.39 Å². The standard InChI is InChI=1S/C21H25FN2O2/c1-13(2)19(24-20(25)16-9-7-8-14(3)12-16)21(26)23-15(4)17-10-5-6-11-18(17)22/h5-13,15,19H,1-4H3,(H,23,26)(H,24,25)/t15?,19-/m0/s1. The topological polar surface area (TPSA) is 58.2 Å². The summed E-state index contributed by atoms with van der Waals surface area (Å²) in [6, 6.07) is 12.3. The predicted molar refractivity (Wildman–Crippen MR) is 100 cm³/mol. The van der Waals surface area contributed by atoms with E-state index < -0.39 is 12.1 Å². The van der Waals surface area contributed by atoms with Crippen LogP contribution in [0.15, 0.2) is 48.5 Å². The molecule has 2 atom stereocenters. The van der Waals surface area contributed by atoms with Gasteiger partial charge in [-0.05, 0) is 38.0 Å². The van der Waals surface area contributed by atoms with Crippen molar-refractivity contribution in [1.82, 2.24) is 10.6 Å². The molecular weight excluding hydrogens is 331 g/mol. The van der Waals surface area contributed by atoms with Crippen LogP contribution in [0.25, 0.3) is 0 Å². The van der Waals surface area contributed by atoms with Crippen molar-refractivity contribution in [3.05, 3.63) is 71.0 Å². The summed E-state index contributed by atoms with van der Waals surface area (Å²) >= 11 is 0. The summed E-state index contributed by atoms with van der Waals surface area (Å²) in [5.74, 6) is -1.13. The molecule has 2 rings (SSSR count). The highest BCUT2D eigenvalue weighted by Gasteiger charge is 2.26. The fourth-order valence-electron chi connectivity index (χ4n) is 2.75. The summed E-state index contributed by atoms with van der Waals surface area (Å²) in [6.45, 7) is 7.33. The molecule has 2 aromatic rings. The Morgan fingerprint density at radius 2 is 1.65 bits per heavy atom. The number of hydrogen-bond acceptors (Lipinski definition) is 2. The van der Waals surface area contributed by atoms with E-state index in [2.05, 4.69) is 10.6 Å². The summed E-state index contributed by atoms with van der Waals surface area (Å²) in [6.07, 6.45) is 0. The van der Waals surface area contributed by atoms with Crippen LogP contribution < -0.4 is 10.6 Å². The number of carbonyl (C=O) groups excluding carboxylic acids is 2. The van der Waals surface area contributed by atoms with Gasteiger partial charge in [-0.2, -0.15) is 0 Å². The van der Waals surface area contributed by atoms with Gasteiger partial charge >= 0.3 is 0 Å². The van der Waals surface area contributed by atoms with Crippen molar-refractivity contribution < 1.29 is 14.0 Å². The Balaban J connectivity index is 2.10. The molecule has 2 N–H and O–H groups in total. The van der Waals surface area contributed by atoms with Crippen LogP contribution in [0.3, 0.4) is 0 Å². The van der Waals surface area contributed by atoms with Crippen molar-refractivity contribution in [2.45, 2.75) is 39.8 Å². The van der Waals surface area contributed by atoms with E-state index in [1.54, 1.807) is 43.3 Å². The smallest absolute Gasteiger partial charge is 0.251 e. The van der Waals surface area contributed by atoms with E-state index in [1.165, 1.54) is 6.07 Å². The van der Waals surface area contributed by atoms with E-state index in [9.17, 15) is 14.0 Å². The Morgan fingerprint density at radius 3 is 2.27 bits per heavy atom. The van der Waals surface area contributed by atoms with Gasteiger partial charge in [0.2, 0.25) is 5.91 Å². The third-order valence-electron chi connectivity index (χ3n) is 4.25. The van der Waals surface area contributed by atoms with Crippen LogP contribution in [0.5, 0.6) is 0 Å². The molecule has 138 valence electrons. The minimum atomic E-state index is -0.711. The van der Waals surface area contributed by atoms with Crippen LogP contribution in [-0.2, 0) is 4.79 Å². The quantitative estimate of drug-likeness (QED) is 0.828. The molecule has 0 saturated carbocycles. The van der Waals surface area contributed by atoms with Gasteiger partial charge in [-0.3, -0.25) is 9.59 Å². The third kappa shape index (κ3) is 4.91. The zero-order valence-corrected chi connectivity index (χ0v) is 15.5. The number of benzene rings is 2. The number of nitrogens with one attached hydrogen (secondary N) is 2. The second kappa shape index (κ2) is 8.61. The number of rotatable bonds is 6. The van der Waals surface area contributed by atoms with E-state index in [4.69, 9.17) is 0 Å². The average molecular weight is 356 g/mol. The summed E-state index contributed by atoms with van der Waals surface area (Å²) < 4.78 is 13.9. The molecule has 5 heteroatoms. The van der Waals surface area contributed by atoms with E-state index in [1.807, 2.05) is 26.8 Å². The molecule has 0 aromatic heterocycles. The Morgan fingerprint density at radius 1 is 0.962 bits per heavy atom. The number of carbonyl (C=O) groups is 2. The van der Waals surface area contributed by atoms with E-state index >= 15 is 0 Å². The third-order valence-corrected chi connectivity index (χ3v) is 4.25. The molecule has 0 fully saturated rings. The van der Waals surface area contributed by atoms with Gasteiger partial charge in [-0.25, -0.2) is 4.39 Å². The second-order valence-electron chi connectivity index (χ2n) is 6.82. The minimum absolute atomic E-state index is 0.114. The van der Waals surface area contributed by atoms with E-state index in [-0.39, 0.29) is 23.5 Å². The SMILES string of the molecule is Cc1cccc(C(=O)N[C@H](C(=O)NC(C)c2ccccc2F)C(C)C)c1. The highest BCUT2D eigenvalue weighted by molar-refractivity contribution is 5.97. The van der Waals surface area contributed by atoms with Gasteiger partial charge in [-0.1, -0.05) is 49.7 Å². The van der Waals surface area contributed by atoms with E-state index in [0.717, 1.165) is 5.56 Å². The highest BCUT2D eigenvalue weighted by atomic mass is 19.1. The molecule has 0 aliphatic carbocycles. The lowest BCUT2D eigenvalue weighted by Gasteiger charge is -2.24. The van der Waals surface area contributed by atoms with Crippen LogP contribution >= 0.6 is 0 Å². The van der Waals surface area contributed by atoms with Gasteiger partial charge in [0.05, 0.1) is 6.04 Å². The van der Waals surface area contributed by atoms with Crippen molar-refractivity contribution in [1.29, 1.82) is 0 Å². The molecule has 2 aromatic carbocycles. The van der Waals surface area contributed by atoms with Gasteiger partial charge in [-0.15, -0.1) is 0 Å². The molecule has 4 nitrogen and oxygen atoms in total. The first kappa shape index (κ1) is 19.6. The predicted octanol–water partition coefficient (Wildman–Crippen LogP) is 3.77. The van der Waals surface area contributed by atoms with Gasteiger partial charge in [0.15, 0.2) is 0 Å². The van der Waals surface area contributed by atoms with Crippen molar-refractivity contribution in [3.63, 3.8) is 0 Å².